The summed E-state index contributed by atoms with van der Waals surface area (Å²) in [4.78, 5) is 38.2. The molecule has 1 aromatic carbocycles. The minimum absolute atomic E-state index is 0.0790. The van der Waals surface area contributed by atoms with Crippen molar-refractivity contribution in [3.8, 4) is 11.5 Å². The molecule has 2 N–H and O–H groups in total. The molecule has 2 heterocycles. The lowest BCUT2D eigenvalue weighted by Gasteiger charge is -2.18. The van der Waals surface area contributed by atoms with Gasteiger partial charge in [0.05, 0.1) is 25.8 Å². The Hall–Kier alpha value is -3.49. The van der Waals surface area contributed by atoms with Crippen molar-refractivity contribution in [2.75, 3.05) is 13.7 Å². The predicted octanol–water partition coefficient (Wildman–Crippen LogP) is 1.25. The number of furan rings is 1. The van der Waals surface area contributed by atoms with E-state index < -0.39 is 23.8 Å². The number of para-hydroxylation sites is 2. The molecule has 1 fully saturated rings. The first-order valence-electron chi connectivity index (χ1n) is 9.17. The lowest BCUT2D eigenvalue weighted by atomic mass is 10.1. The van der Waals surface area contributed by atoms with Gasteiger partial charge >= 0.3 is 0 Å². The van der Waals surface area contributed by atoms with Crippen LogP contribution in [-0.2, 0) is 20.9 Å². The zero-order chi connectivity index (χ0) is 20.8. The molecule has 1 saturated heterocycles. The Labute approximate surface area is 167 Å². The van der Waals surface area contributed by atoms with Gasteiger partial charge in [0.25, 0.3) is 5.91 Å². The molecule has 9 nitrogen and oxygen atoms in total. The number of nitrogens with zero attached hydrogens (tertiary/aromatic N) is 1. The molecule has 3 amide bonds. The van der Waals surface area contributed by atoms with Crippen LogP contribution in [0.4, 0.5) is 0 Å². The van der Waals surface area contributed by atoms with Gasteiger partial charge < -0.3 is 18.8 Å². The molecule has 2 atom stereocenters. The average Bonchev–Trinajstić information content (AvgIpc) is 3.36. The topological polar surface area (TPSA) is 110 Å². The van der Waals surface area contributed by atoms with Crippen LogP contribution in [0.25, 0.3) is 0 Å². The second-order valence-corrected chi connectivity index (χ2v) is 6.64. The van der Waals surface area contributed by atoms with Gasteiger partial charge in [-0.25, -0.2) is 0 Å². The summed E-state index contributed by atoms with van der Waals surface area (Å²) in [6, 6.07) is 10.4. The normalized spacial score (nSPS) is 17.0. The molecule has 29 heavy (non-hydrogen) atoms. The number of carbonyl (C=O) groups excluding carboxylic acids is 3. The Bertz CT molecular complexity index is 867. The van der Waals surface area contributed by atoms with Crippen LogP contribution in [0.5, 0.6) is 11.5 Å². The molecule has 0 bridgehead atoms. The zero-order valence-electron chi connectivity index (χ0n) is 16.2. The third kappa shape index (κ3) is 5.07. The van der Waals surface area contributed by atoms with E-state index in [2.05, 4.69) is 10.9 Å². The smallest absolute Gasteiger partial charge is 0.279 e. The summed E-state index contributed by atoms with van der Waals surface area (Å²) in [6.45, 7) is 2.12. The van der Waals surface area contributed by atoms with Crippen molar-refractivity contribution >= 4 is 17.7 Å². The maximum atomic E-state index is 12.3. The van der Waals surface area contributed by atoms with Crippen molar-refractivity contribution in [1.82, 2.24) is 15.8 Å². The highest BCUT2D eigenvalue weighted by Gasteiger charge is 2.35. The van der Waals surface area contributed by atoms with Crippen molar-refractivity contribution in [3.63, 3.8) is 0 Å². The van der Waals surface area contributed by atoms with Crippen molar-refractivity contribution < 1.29 is 28.3 Å². The summed E-state index contributed by atoms with van der Waals surface area (Å²) in [6.07, 6.45) is 0.742. The molecule has 154 valence electrons. The van der Waals surface area contributed by atoms with E-state index in [4.69, 9.17) is 13.9 Å². The third-order valence-electron chi connectivity index (χ3n) is 4.56. The molecule has 0 aliphatic carbocycles. The van der Waals surface area contributed by atoms with Crippen molar-refractivity contribution in [3.05, 3.63) is 48.4 Å². The first-order valence-corrected chi connectivity index (χ1v) is 9.17. The first kappa shape index (κ1) is 20.2. The fraction of sp³-hybridized carbons (Fsp3) is 0.350. The number of methoxy groups -OCH3 is 1. The number of amides is 3. The van der Waals surface area contributed by atoms with Gasteiger partial charge in [-0.2, -0.15) is 0 Å². The Morgan fingerprint density at radius 2 is 1.97 bits per heavy atom. The molecule has 0 spiro atoms. The highest BCUT2D eigenvalue weighted by atomic mass is 16.5. The number of hydrazine groups is 1. The fourth-order valence-electron chi connectivity index (χ4n) is 2.98. The molecule has 0 radical (unpaired) electrons. The van der Waals surface area contributed by atoms with E-state index >= 15 is 0 Å². The van der Waals surface area contributed by atoms with Crippen LogP contribution in [0.2, 0.25) is 0 Å². The standard InChI is InChI=1S/C20H23N3O6/c1-13(29-17-8-4-3-7-16(17)27-2)19(25)21-22-20(26)14-10-18(24)23(11-14)12-15-6-5-9-28-15/h3-9,13-14H,10-12H2,1-2H3,(H,21,25)(H,22,26). The van der Waals surface area contributed by atoms with E-state index in [1.54, 1.807) is 48.2 Å². The zero-order valence-corrected chi connectivity index (χ0v) is 16.2. The summed E-state index contributed by atoms with van der Waals surface area (Å²) in [7, 11) is 1.51. The van der Waals surface area contributed by atoms with Gasteiger partial charge in [0.1, 0.15) is 5.76 Å². The average molecular weight is 401 g/mol. The molecule has 2 aromatic rings. The summed E-state index contributed by atoms with van der Waals surface area (Å²) in [5, 5.41) is 0. The Balaban J connectivity index is 1.47. The minimum atomic E-state index is -0.868. The van der Waals surface area contributed by atoms with Crippen LogP contribution < -0.4 is 20.3 Å². The van der Waals surface area contributed by atoms with E-state index in [-0.39, 0.29) is 18.9 Å². The second kappa shape index (κ2) is 9.13. The number of hydrogen-bond donors (Lipinski definition) is 2. The highest BCUT2D eigenvalue weighted by molar-refractivity contribution is 5.90. The van der Waals surface area contributed by atoms with Crippen molar-refractivity contribution in [2.24, 2.45) is 5.92 Å². The van der Waals surface area contributed by atoms with Crippen molar-refractivity contribution in [1.29, 1.82) is 0 Å². The molecular weight excluding hydrogens is 378 g/mol. The molecule has 9 heteroatoms. The fourth-order valence-corrected chi connectivity index (χ4v) is 2.98. The van der Waals surface area contributed by atoms with E-state index in [1.807, 2.05) is 0 Å². The summed E-state index contributed by atoms with van der Waals surface area (Å²) in [5.41, 5.74) is 4.71. The molecule has 1 aliphatic heterocycles. The van der Waals surface area contributed by atoms with E-state index in [0.717, 1.165) is 0 Å². The number of carbonyl (C=O) groups is 3. The van der Waals surface area contributed by atoms with Gasteiger partial charge in [-0.15, -0.1) is 0 Å². The van der Waals surface area contributed by atoms with Gasteiger partial charge in [0.15, 0.2) is 17.6 Å². The SMILES string of the molecule is COc1ccccc1OC(C)C(=O)NNC(=O)C1CC(=O)N(Cc2ccco2)C1. The molecule has 0 saturated carbocycles. The Morgan fingerprint density at radius 3 is 2.66 bits per heavy atom. The number of hydrogen-bond acceptors (Lipinski definition) is 6. The number of likely N-dealkylation sites (tertiary alicyclic amines) is 1. The Kier molecular flexibility index (Phi) is 6.38. The van der Waals surface area contributed by atoms with E-state index in [0.29, 0.717) is 23.8 Å². The lowest BCUT2D eigenvalue weighted by molar-refractivity contribution is -0.134. The number of benzene rings is 1. The minimum Gasteiger partial charge on any atom is -0.493 e. The lowest BCUT2D eigenvalue weighted by Crippen LogP contribution is -2.49. The molecule has 3 rings (SSSR count). The second-order valence-electron chi connectivity index (χ2n) is 6.64. The van der Waals surface area contributed by atoms with Gasteiger partial charge in [-0.3, -0.25) is 25.2 Å². The number of nitrogens with one attached hydrogen (secondary N) is 2. The van der Waals surface area contributed by atoms with Crippen LogP contribution in [0, 0.1) is 5.92 Å². The molecular formula is C20H23N3O6. The van der Waals surface area contributed by atoms with Crippen LogP contribution in [0.15, 0.2) is 47.1 Å². The van der Waals surface area contributed by atoms with Gasteiger partial charge in [-0.05, 0) is 31.2 Å². The van der Waals surface area contributed by atoms with Crippen LogP contribution >= 0.6 is 0 Å². The predicted molar refractivity (Wildman–Crippen MR) is 102 cm³/mol. The molecule has 1 aromatic heterocycles. The highest BCUT2D eigenvalue weighted by Crippen LogP contribution is 2.26. The first-order chi connectivity index (χ1) is 14.0. The number of rotatable bonds is 7. The van der Waals surface area contributed by atoms with Crippen LogP contribution in [0.3, 0.4) is 0 Å². The van der Waals surface area contributed by atoms with Gasteiger partial charge in [0, 0.05) is 13.0 Å². The monoisotopic (exact) mass is 401 g/mol. The Morgan fingerprint density at radius 1 is 1.21 bits per heavy atom. The maximum Gasteiger partial charge on any atom is 0.279 e. The quantitative estimate of drug-likeness (QED) is 0.676. The van der Waals surface area contributed by atoms with Crippen LogP contribution in [0.1, 0.15) is 19.1 Å². The van der Waals surface area contributed by atoms with Crippen molar-refractivity contribution in [2.45, 2.75) is 26.0 Å². The van der Waals surface area contributed by atoms with E-state index in [1.165, 1.54) is 13.4 Å². The third-order valence-corrected chi connectivity index (χ3v) is 4.56. The van der Waals surface area contributed by atoms with E-state index in [9.17, 15) is 14.4 Å². The van der Waals surface area contributed by atoms with Gasteiger partial charge in [0.2, 0.25) is 11.8 Å². The van der Waals surface area contributed by atoms with Gasteiger partial charge in [-0.1, -0.05) is 12.1 Å². The maximum absolute atomic E-state index is 12.3. The largest absolute Gasteiger partial charge is 0.493 e. The summed E-state index contributed by atoms with van der Waals surface area (Å²) in [5.74, 6) is -0.0885. The summed E-state index contributed by atoms with van der Waals surface area (Å²) >= 11 is 0. The molecule has 1 aliphatic rings. The summed E-state index contributed by atoms with van der Waals surface area (Å²) < 4.78 is 16.0. The molecule has 2 unspecified atom stereocenters. The number of ether oxygens (including phenoxy) is 2. The van der Waals surface area contributed by atoms with Crippen LogP contribution in [-0.4, -0.2) is 42.4 Å².